The molecule has 0 radical (unpaired) electrons. The van der Waals surface area contributed by atoms with Crippen molar-refractivity contribution in [2.45, 2.75) is 52.1 Å². The fourth-order valence-corrected chi connectivity index (χ4v) is 3.42. The van der Waals surface area contributed by atoms with E-state index in [1.165, 1.54) is 0 Å². The molecule has 2 aromatic rings. The molecule has 128 valence electrons. The molecule has 2 N–H and O–H groups in total. The van der Waals surface area contributed by atoms with Crippen LogP contribution in [0.4, 0.5) is 0 Å². The molecule has 1 aliphatic rings. The van der Waals surface area contributed by atoms with Gasteiger partial charge < -0.3 is 10.6 Å². The van der Waals surface area contributed by atoms with E-state index in [-0.39, 0.29) is 18.0 Å². The zero-order valence-corrected chi connectivity index (χ0v) is 14.6. The fourth-order valence-electron chi connectivity index (χ4n) is 3.42. The van der Waals surface area contributed by atoms with Crippen molar-refractivity contribution in [1.82, 2.24) is 19.7 Å². The standard InChI is InChI=1S/C18H25N5O/c1-12-10-13(2)23(21-12)17-8-7-15(11-20-17)18(24)22-9-5-4-6-16(22)14(3)19/h7-8,10-11,14,16H,4-6,9,19H2,1-3H3. The number of amides is 1. The van der Waals surface area contributed by atoms with Gasteiger partial charge in [-0.1, -0.05) is 0 Å². The van der Waals surface area contributed by atoms with Crippen molar-refractivity contribution in [3.05, 3.63) is 41.3 Å². The van der Waals surface area contributed by atoms with Crippen molar-refractivity contribution in [3.63, 3.8) is 0 Å². The summed E-state index contributed by atoms with van der Waals surface area (Å²) in [5.74, 6) is 0.740. The van der Waals surface area contributed by atoms with Crippen LogP contribution in [0.2, 0.25) is 0 Å². The number of pyridine rings is 1. The zero-order chi connectivity index (χ0) is 17.3. The molecule has 2 aromatic heterocycles. The maximum Gasteiger partial charge on any atom is 0.255 e. The molecule has 1 amide bonds. The first-order valence-electron chi connectivity index (χ1n) is 8.53. The van der Waals surface area contributed by atoms with Crippen LogP contribution in [-0.2, 0) is 0 Å². The van der Waals surface area contributed by atoms with E-state index >= 15 is 0 Å². The molecule has 3 rings (SSSR count). The molecule has 0 saturated carbocycles. The summed E-state index contributed by atoms with van der Waals surface area (Å²) in [6.07, 6.45) is 4.78. The lowest BCUT2D eigenvalue weighted by atomic mass is 9.96. The van der Waals surface area contributed by atoms with Gasteiger partial charge in [-0.15, -0.1) is 0 Å². The predicted molar refractivity (Wildman–Crippen MR) is 93.2 cm³/mol. The number of likely N-dealkylation sites (tertiary alicyclic amines) is 1. The average Bonchev–Trinajstić information content (AvgIpc) is 2.92. The van der Waals surface area contributed by atoms with Crippen LogP contribution in [0.15, 0.2) is 24.4 Å². The molecule has 6 heteroatoms. The largest absolute Gasteiger partial charge is 0.334 e. The maximum absolute atomic E-state index is 12.8. The Morgan fingerprint density at radius 2 is 2.12 bits per heavy atom. The monoisotopic (exact) mass is 327 g/mol. The van der Waals surface area contributed by atoms with E-state index in [0.29, 0.717) is 5.56 Å². The number of rotatable bonds is 3. The summed E-state index contributed by atoms with van der Waals surface area (Å²) in [6, 6.07) is 5.77. The molecule has 24 heavy (non-hydrogen) atoms. The van der Waals surface area contributed by atoms with E-state index in [1.54, 1.807) is 10.9 Å². The van der Waals surface area contributed by atoms with Crippen LogP contribution in [0.5, 0.6) is 0 Å². The summed E-state index contributed by atoms with van der Waals surface area (Å²) >= 11 is 0. The third-order valence-corrected chi connectivity index (χ3v) is 4.64. The van der Waals surface area contributed by atoms with Crippen LogP contribution in [0, 0.1) is 13.8 Å². The summed E-state index contributed by atoms with van der Waals surface area (Å²) in [4.78, 5) is 19.2. The van der Waals surface area contributed by atoms with Crippen molar-refractivity contribution < 1.29 is 4.79 Å². The van der Waals surface area contributed by atoms with Crippen molar-refractivity contribution in [2.24, 2.45) is 5.73 Å². The Balaban J connectivity index is 1.82. The summed E-state index contributed by atoms with van der Waals surface area (Å²) in [7, 11) is 0. The van der Waals surface area contributed by atoms with Gasteiger partial charge in [-0.05, 0) is 58.2 Å². The molecule has 2 atom stereocenters. The summed E-state index contributed by atoms with van der Waals surface area (Å²) in [6.45, 7) is 6.68. The van der Waals surface area contributed by atoms with E-state index < -0.39 is 0 Å². The molecule has 2 unspecified atom stereocenters. The van der Waals surface area contributed by atoms with Gasteiger partial charge in [-0.3, -0.25) is 4.79 Å². The predicted octanol–water partition coefficient (Wildman–Crippen LogP) is 2.23. The van der Waals surface area contributed by atoms with Crippen molar-refractivity contribution in [2.75, 3.05) is 6.54 Å². The Kier molecular flexibility index (Phi) is 4.66. The van der Waals surface area contributed by atoms with Gasteiger partial charge >= 0.3 is 0 Å². The highest BCUT2D eigenvalue weighted by Crippen LogP contribution is 2.21. The van der Waals surface area contributed by atoms with Crippen LogP contribution < -0.4 is 5.73 Å². The van der Waals surface area contributed by atoms with E-state index in [1.807, 2.05) is 43.9 Å². The Morgan fingerprint density at radius 1 is 1.33 bits per heavy atom. The van der Waals surface area contributed by atoms with Gasteiger partial charge in [-0.25, -0.2) is 9.67 Å². The number of aryl methyl sites for hydroxylation is 2. The number of carbonyl (C=O) groups excluding carboxylic acids is 1. The Labute approximate surface area is 142 Å². The number of nitrogens with two attached hydrogens (primary N) is 1. The number of piperidine rings is 1. The molecule has 3 heterocycles. The minimum atomic E-state index is -0.0174. The first kappa shape index (κ1) is 16.6. The summed E-state index contributed by atoms with van der Waals surface area (Å²) in [5, 5.41) is 4.42. The normalized spacial score (nSPS) is 19.3. The molecular formula is C18H25N5O. The van der Waals surface area contributed by atoms with Gasteiger partial charge in [0, 0.05) is 30.5 Å². The quantitative estimate of drug-likeness (QED) is 0.938. The van der Waals surface area contributed by atoms with Gasteiger partial charge in [0.2, 0.25) is 0 Å². The van der Waals surface area contributed by atoms with Crippen LogP contribution in [0.1, 0.15) is 47.9 Å². The van der Waals surface area contributed by atoms with Gasteiger partial charge in [0.05, 0.1) is 11.3 Å². The molecule has 0 aliphatic carbocycles. The molecule has 0 aromatic carbocycles. The lowest BCUT2D eigenvalue weighted by molar-refractivity contribution is 0.0583. The Bertz CT molecular complexity index is 720. The van der Waals surface area contributed by atoms with Gasteiger partial charge in [-0.2, -0.15) is 5.10 Å². The third kappa shape index (κ3) is 3.19. The van der Waals surface area contributed by atoms with Crippen molar-refractivity contribution >= 4 is 5.91 Å². The second-order valence-electron chi connectivity index (χ2n) is 6.66. The topological polar surface area (TPSA) is 77.0 Å². The molecular weight excluding hydrogens is 302 g/mol. The first-order chi connectivity index (χ1) is 11.5. The molecule has 1 aliphatic heterocycles. The Morgan fingerprint density at radius 3 is 2.71 bits per heavy atom. The smallest absolute Gasteiger partial charge is 0.255 e. The molecule has 6 nitrogen and oxygen atoms in total. The minimum absolute atomic E-state index is 0.0174. The number of aromatic nitrogens is 3. The Hall–Kier alpha value is -2.21. The van der Waals surface area contributed by atoms with Crippen LogP contribution >= 0.6 is 0 Å². The molecule has 0 bridgehead atoms. The number of carbonyl (C=O) groups is 1. The lowest BCUT2D eigenvalue weighted by Gasteiger charge is -2.38. The van der Waals surface area contributed by atoms with Gasteiger partial charge in [0.25, 0.3) is 5.91 Å². The SMILES string of the molecule is Cc1cc(C)n(-c2ccc(C(=O)N3CCCCC3C(C)N)cn2)n1. The van der Waals surface area contributed by atoms with E-state index in [2.05, 4.69) is 10.1 Å². The van der Waals surface area contributed by atoms with E-state index in [4.69, 9.17) is 5.73 Å². The van der Waals surface area contributed by atoms with E-state index in [0.717, 1.165) is 43.0 Å². The summed E-state index contributed by atoms with van der Waals surface area (Å²) < 4.78 is 1.79. The molecule has 0 spiro atoms. The van der Waals surface area contributed by atoms with Crippen LogP contribution in [-0.4, -0.2) is 44.2 Å². The first-order valence-corrected chi connectivity index (χ1v) is 8.53. The number of nitrogens with zero attached hydrogens (tertiary/aromatic N) is 4. The third-order valence-electron chi connectivity index (χ3n) is 4.64. The van der Waals surface area contributed by atoms with Crippen molar-refractivity contribution in [1.29, 1.82) is 0 Å². The highest BCUT2D eigenvalue weighted by atomic mass is 16.2. The second-order valence-corrected chi connectivity index (χ2v) is 6.66. The lowest BCUT2D eigenvalue weighted by Crippen LogP contribution is -2.51. The zero-order valence-electron chi connectivity index (χ0n) is 14.6. The fraction of sp³-hybridized carbons (Fsp3) is 0.500. The van der Waals surface area contributed by atoms with E-state index in [9.17, 15) is 4.79 Å². The number of hydrogen-bond donors (Lipinski definition) is 1. The highest BCUT2D eigenvalue weighted by Gasteiger charge is 2.29. The highest BCUT2D eigenvalue weighted by molar-refractivity contribution is 5.94. The van der Waals surface area contributed by atoms with Crippen LogP contribution in [0.25, 0.3) is 5.82 Å². The molecule has 1 fully saturated rings. The maximum atomic E-state index is 12.8. The van der Waals surface area contributed by atoms with Crippen LogP contribution in [0.3, 0.4) is 0 Å². The van der Waals surface area contributed by atoms with Gasteiger partial charge in [0.1, 0.15) is 0 Å². The van der Waals surface area contributed by atoms with Crippen molar-refractivity contribution in [3.8, 4) is 5.82 Å². The number of hydrogen-bond acceptors (Lipinski definition) is 4. The average molecular weight is 327 g/mol. The minimum Gasteiger partial charge on any atom is -0.334 e. The second kappa shape index (κ2) is 6.73. The summed E-state index contributed by atoms with van der Waals surface area (Å²) in [5.41, 5.74) is 8.64. The van der Waals surface area contributed by atoms with Gasteiger partial charge in [0.15, 0.2) is 5.82 Å². The molecule has 1 saturated heterocycles.